The first-order chi connectivity index (χ1) is 15.0. The maximum Gasteiger partial charge on any atom is 0.269 e. The summed E-state index contributed by atoms with van der Waals surface area (Å²) >= 11 is 0. The molecule has 0 spiro atoms. The van der Waals surface area contributed by atoms with E-state index in [2.05, 4.69) is 0 Å². The Balaban J connectivity index is 1.77. The highest BCUT2D eigenvalue weighted by Gasteiger charge is 2.13. The van der Waals surface area contributed by atoms with E-state index >= 15 is 0 Å². The number of nitro groups is 1. The summed E-state index contributed by atoms with van der Waals surface area (Å²) in [7, 11) is 1.49. The number of nitro benzene ring substituents is 1. The fourth-order valence-electron chi connectivity index (χ4n) is 2.83. The van der Waals surface area contributed by atoms with E-state index in [0.29, 0.717) is 22.6 Å². The third-order valence-electron chi connectivity index (χ3n) is 4.44. The molecular formula is C24H18N2O5. The summed E-state index contributed by atoms with van der Waals surface area (Å²) in [5, 5.41) is 20.2. The zero-order valence-corrected chi connectivity index (χ0v) is 16.6. The minimum atomic E-state index is -0.460. The fraction of sp³-hybridized carbons (Fsp3) is 0.0833. The first-order valence-corrected chi connectivity index (χ1v) is 9.27. The van der Waals surface area contributed by atoms with Crippen molar-refractivity contribution in [2.45, 2.75) is 6.61 Å². The molecule has 7 heteroatoms. The zero-order chi connectivity index (χ0) is 22.2. The van der Waals surface area contributed by atoms with Crippen LogP contribution in [0.2, 0.25) is 0 Å². The van der Waals surface area contributed by atoms with E-state index in [1.165, 1.54) is 25.3 Å². The lowest BCUT2D eigenvalue weighted by molar-refractivity contribution is -0.384. The second-order valence-electron chi connectivity index (χ2n) is 6.49. The van der Waals surface area contributed by atoms with Crippen LogP contribution in [0, 0.1) is 21.4 Å². The predicted molar refractivity (Wildman–Crippen MR) is 115 cm³/mol. The second-order valence-corrected chi connectivity index (χ2v) is 6.49. The van der Waals surface area contributed by atoms with Gasteiger partial charge in [0.05, 0.1) is 12.0 Å². The molecule has 0 aliphatic rings. The highest BCUT2D eigenvalue weighted by atomic mass is 16.6. The van der Waals surface area contributed by atoms with Crippen LogP contribution < -0.4 is 9.47 Å². The Morgan fingerprint density at radius 3 is 2.39 bits per heavy atom. The molecule has 0 saturated carbocycles. The van der Waals surface area contributed by atoms with Crippen LogP contribution in [0.25, 0.3) is 6.08 Å². The maximum absolute atomic E-state index is 12.5. The number of ketones is 1. The van der Waals surface area contributed by atoms with E-state index in [0.717, 1.165) is 5.56 Å². The van der Waals surface area contributed by atoms with Gasteiger partial charge in [0.1, 0.15) is 18.2 Å². The van der Waals surface area contributed by atoms with Crippen molar-refractivity contribution in [3.05, 3.63) is 105 Å². The van der Waals surface area contributed by atoms with Gasteiger partial charge >= 0.3 is 0 Å². The molecule has 0 bridgehead atoms. The number of allylic oxidation sites excluding steroid dienone is 1. The van der Waals surface area contributed by atoms with Crippen molar-refractivity contribution in [3.63, 3.8) is 0 Å². The van der Waals surface area contributed by atoms with Gasteiger partial charge in [-0.05, 0) is 41.5 Å². The Labute approximate surface area is 178 Å². The monoisotopic (exact) mass is 414 g/mol. The third-order valence-corrected chi connectivity index (χ3v) is 4.44. The van der Waals surface area contributed by atoms with Crippen LogP contribution in [-0.2, 0) is 6.61 Å². The molecule has 0 N–H and O–H groups in total. The molecule has 0 unspecified atom stereocenters. The number of carbonyl (C=O) groups excluding carboxylic acids is 1. The van der Waals surface area contributed by atoms with Gasteiger partial charge in [0.25, 0.3) is 5.69 Å². The van der Waals surface area contributed by atoms with Gasteiger partial charge in [0.2, 0.25) is 5.78 Å². The normalized spacial score (nSPS) is 10.8. The number of hydrogen-bond acceptors (Lipinski definition) is 6. The lowest BCUT2D eigenvalue weighted by Crippen LogP contribution is -2.01. The third kappa shape index (κ3) is 5.34. The molecule has 154 valence electrons. The van der Waals surface area contributed by atoms with Crippen molar-refractivity contribution in [1.29, 1.82) is 5.26 Å². The standard InChI is InChI=1S/C24H18N2O5/c1-30-23-14-18(13-20(15-25)24(27)19-5-3-2-4-6-19)9-12-22(23)31-16-17-7-10-21(11-8-17)26(28)29/h2-14H,16H2,1H3. The maximum atomic E-state index is 12.5. The van der Waals surface area contributed by atoms with Crippen LogP contribution in [0.4, 0.5) is 5.69 Å². The highest BCUT2D eigenvalue weighted by molar-refractivity contribution is 6.14. The molecule has 3 rings (SSSR count). The van der Waals surface area contributed by atoms with E-state index in [1.807, 2.05) is 6.07 Å². The molecule has 0 amide bonds. The molecule has 3 aromatic rings. The molecular weight excluding hydrogens is 396 g/mol. The second kappa shape index (κ2) is 9.85. The Hall–Kier alpha value is -4.44. The van der Waals surface area contributed by atoms with Crippen LogP contribution in [0.1, 0.15) is 21.5 Å². The number of non-ortho nitro benzene ring substituents is 1. The van der Waals surface area contributed by atoms with Gasteiger partial charge < -0.3 is 9.47 Å². The van der Waals surface area contributed by atoms with E-state index in [-0.39, 0.29) is 23.7 Å². The fourth-order valence-corrected chi connectivity index (χ4v) is 2.83. The Morgan fingerprint density at radius 2 is 1.77 bits per heavy atom. The topological polar surface area (TPSA) is 102 Å². The van der Waals surface area contributed by atoms with E-state index in [9.17, 15) is 20.2 Å². The van der Waals surface area contributed by atoms with Gasteiger partial charge in [-0.25, -0.2) is 0 Å². The molecule has 0 atom stereocenters. The van der Waals surface area contributed by atoms with Gasteiger partial charge in [-0.3, -0.25) is 14.9 Å². The van der Waals surface area contributed by atoms with Crippen molar-refractivity contribution >= 4 is 17.5 Å². The lowest BCUT2D eigenvalue weighted by atomic mass is 10.0. The minimum absolute atomic E-state index is 0.00722. The largest absolute Gasteiger partial charge is 0.493 e. The van der Waals surface area contributed by atoms with E-state index in [1.54, 1.807) is 60.7 Å². The molecule has 31 heavy (non-hydrogen) atoms. The molecule has 0 heterocycles. The van der Waals surface area contributed by atoms with Gasteiger partial charge in [-0.1, -0.05) is 36.4 Å². The number of nitriles is 1. The van der Waals surface area contributed by atoms with Crippen molar-refractivity contribution in [1.82, 2.24) is 0 Å². The number of hydrogen-bond donors (Lipinski definition) is 0. The van der Waals surface area contributed by atoms with Crippen LogP contribution in [-0.4, -0.2) is 17.8 Å². The molecule has 3 aromatic carbocycles. The number of methoxy groups -OCH3 is 1. The first kappa shape index (κ1) is 21.3. The average Bonchev–Trinajstić information content (AvgIpc) is 2.81. The minimum Gasteiger partial charge on any atom is -0.493 e. The highest BCUT2D eigenvalue weighted by Crippen LogP contribution is 2.30. The average molecular weight is 414 g/mol. The van der Waals surface area contributed by atoms with Crippen molar-refractivity contribution in [2.75, 3.05) is 7.11 Å². The number of nitrogens with zero attached hydrogens (tertiary/aromatic N) is 2. The Bertz CT molecular complexity index is 1160. The van der Waals surface area contributed by atoms with Crippen LogP contribution in [0.5, 0.6) is 11.5 Å². The quantitative estimate of drug-likeness (QED) is 0.169. The molecule has 0 aliphatic heterocycles. The van der Waals surface area contributed by atoms with Crippen LogP contribution >= 0.6 is 0 Å². The van der Waals surface area contributed by atoms with Crippen molar-refractivity contribution in [2.24, 2.45) is 0 Å². The van der Waals surface area contributed by atoms with Gasteiger partial charge in [0.15, 0.2) is 11.5 Å². The number of benzene rings is 3. The summed E-state index contributed by atoms with van der Waals surface area (Å²) in [6, 6.07) is 21.7. The zero-order valence-electron chi connectivity index (χ0n) is 16.6. The summed E-state index contributed by atoms with van der Waals surface area (Å²) in [4.78, 5) is 22.8. The molecule has 0 aliphatic carbocycles. The Morgan fingerprint density at radius 1 is 1.06 bits per heavy atom. The molecule has 0 fully saturated rings. The SMILES string of the molecule is COc1cc(C=C(C#N)C(=O)c2ccccc2)ccc1OCc1ccc([N+](=O)[O-])cc1. The predicted octanol–water partition coefficient (Wildman–Crippen LogP) is 4.97. The van der Waals surface area contributed by atoms with Crippen molar-refractivity contribution < 1.29 is 19.2 Å². The summed E-state index contributed by atoms with van der Waals surface area (Å²) in [5.41, 5.74) is 1.83. The van der Waals surface area contributed by atoms with Gasteiger partial charge in [-0.2, -0.15) is 5.26 Å². The van der Waals surface area contributed by atoms with Gasteiger partial charge in [-0.15, -0.1) is 0 Å². The molecule has 7 nitrogen and oxygen atoms in total. The number of carbonyl (C=O) groups is 1. The van der Waals surface area contributed by atoms with Crippen LogP contribution in [0.3, 0.4) is 0 Å². The van der Waals surface area contributed by atoms with Crippen molar-refractivity contribution in [3.8, 4) is 17.6 Å². The molecule has 0 radical (unpaired) electrons. The number of ether oxygens (including phenoxy) is 2. The van der Waals surface area contributed by atoms with Gasteiger partial charge in [0, 0.05) is 17.7 Å². The Kier molecular flexibility index (Phi) is 6.76. The van der Waals surface area contributed by atoms with E-state index < -0.39 is 4.92 Å². The number of rotatable bonds is 8. The summed E-state index contributed by atoms with van der Waals surface area (Å²) in [6.45, 7) is 0.194. The van der Waals surface area contributed by atoms with E-state index in [4.69, 9.17) is 9.47 Å². The lowest BCUT2D eigenvalue weighted by Gasteiger charge is -2.11. The summed E-state index contributed by atoms with van der Waals surface area (Å²) in [6.07, 6.45) is 1.50. The van der Waals surface area contributed by atoms with Crippen LogP contribution in [0.15, 0.2) is 78.4 Å². The summed E-state index contributed by atoms with van der Waals surface area (Å²) < 4.78 is 11.1. The first-order valence-electron chi connectivity index (χ1n) is 9.27. The molecule has 0 aromatic heterocycles. The smallest absolute Gasteiger partial charge is 0.269 e. The molecule has 0 saturated heterocycles. The number of Topliss-reactive ketones (excluding diaryl/α,β-unsaturated/α-hetero) is 1. The summed E-state index contributed by atoms with van der Waals surface area (Å²) in [5.74, 6) is 0.534.